The van der Waals surface area contributed by atoms with Gasteiger partial charge in [-0.2, -0.15) is 0 Å². The van der Waals surface area contributed by atoms with Crippen LogP contribution in [0.5, 0.6) is 0 Å². The van der Waals surface area contributed by atoms with Gasteiger partial charge in [0, 0.05) is 13.2 Å². The van der Waals surface area contributed by atoms with E-state index in [-0.39, 0.29) is 0 Å². The predicted octanol–water partition coefficient (Wildman–Crippen LogP) is 2.68. The Kier molecular flexibility index (Phi) is 4.66. The monoisotopic (exact) mass is 225 g/mol. The third kappa shape index (κ3) is 3.46. The van der Waals surface area contributed by atoms with Gasteiger partial charge >= 0.3 is 0 Å². The molecule has 16 heavy (non-hydrogen) atoms. The number of rotatable bonds is 7. The Bertz CT molecular complexity index is 205. The van der Waals surface area contributed by atoms with Crippen LogP contribution in [0.25, 0.3) is 0 Å². The van der Waals surface area contributed by atoms with Gasteiger partial charge in [0.05, 0.1) is 6.61 Å². The molecule has 0 heterocycles. The van der Waals surface area contributed by atoms with Crippen molar-refractivity contribution in [2.75, 3.05) is 26.3 Å². The van der Waals surface area contributed by atoms with Crippen LogP contribution in [-0.4, -0.2) is 26.3 Å². The number of hydrogen-bond acceptors (Lipinski definition) is 2. The van der Waals surface area contributed by atoms with Crippen LogP contribution in [0, 0.1) is 23.7 Å². The van der Waals surface area contributed by atoms with Crippen LogP contribution >= 0.6 is 0 Å². The molecule has 0 saturated heterocycles. The molecule has 2 saturated carbocycles. The first-order chi connectivity index (χ1) is 7.75. The third-order valence-corrected chi connectivity index (χ3v) is 4.17. The molecule has 2 rings (SSSR count). The summed E-state index contributed by atoms with van der Waals surface area (Å²) in [5.74, 6) is 3.76. The van der Waals surface area contributed by atoms with Crippen molar-refractivity contribution < 1.29 is 4.74 Å². The van der Waals surface area contributed by atoms with Crippen LogP contribution in [0.2, 0.25) is 0 Å². The van der Waals surface area contributed by atoms with Gasteiger partial charge < -0.3 is 10.1 Å². The van der Waals surface area contributed by atoms with Crippen molar-refractivity contribution in [2.24, 2.45) is 23.7 Å². The average molecular weight is 225 g/mol. The van der Waals surface area contributed by atoms with Crippen LogP contribution in [-0.2, 0) is 4.74 Å². The van der Waals surface area contributed by atoms with Crippen LogP contribution in [0.1, 0.15) is 39.5 Å². The molecule has 3 unspecified atom stereocenters. The highest BCUT2D eigenvalue weighted by Gasteiger charge is 2.38. The van der Waals surface area contributed by atoms with E-state index in [1.54, 1.807) is 0 Å². The summed E-state index contributed by atoms with van der Waals surface area (Å²) in [7, 11) is 0. The van der Waals surface area contributed by atoms with Crippen molar-refractivity contribution in [1.82, 2.24) is 5.32 Å². The molecule has 2 aliphatic rings. The van der Waals surface area contributed by atoms with E-state index in [2.05, 4.69) is 19.2 Å². The number of ether oxygens (including phenoxy) is 1. The molecule has 0 aromatic rings. The molecule has 0 amide bonds. The SMILES string of the molecule is CC(C)COCCNCC1CC2CCC1C2. The molecule has 3 atom stereocenters. The van der Waals surface area contributed by atoms with Gasteiger partial charge in [-0.25, -0.2) is 0 Å². The van der Waals surface area contributed by atoms with Gasteiger partial charge in [-0.3, -0.25) is 0 Å². The molecule has 1 N–H and O–H groups in total. The van der Waals surface area contributed by atoms with E-state index < -0.39 is 0 Å². The van der Waals surface area contributed by atoms with Gasteiger partial charge in [0.1, 0.15) is 0 Å². The molecule has 0 spiro atoms. The molecule has 94 valence electrons. The molecule has 2 fully saturated rings. The Balaban J connectivity index is 1.46. The van der Waals surface area contributed by atoms with Crippen molar-refractivity contribution in [3.05, 3.63) is 0 Å². The van der Waals surface area contributed by atoms with E-state index in [4.69, 9.17) is 4.74 Å². The van der Waals surface area contributed by atoms with E-state index >= 15 is 0 Å². The van der Waals surface area contributed by atoms with E-state index in [0.717, 1.165) is 37.5 Å². The smallest absolute Gasteiger partial charge is 0.0591 e. The molecule has 2 bridgehead atoms. The summed E-state index contributed by atoms with van der Waals surface area (Å²) in [5.41, 5.74) is 0. The molecule has 2 heteroatoms. The lowest BCUT2D eigenvalue weighted by atomic mass is 9.89. The maximum atomic E-state index is 5.56. The van der Waals surface area contributed by atoms with Gasteiger partial charge in [-0.15, -0.1) is 0 Å². The van der Waals surface area contributed by atoms with Gasteiger partial charge in [0.2, 0.25) is 0 Å². The lowest BCUT2D eigenvalue weighted by molar-refractivity contribution is 0.110. The second-order valence-electron chi connectivity index (χ2n) is 6.11. The lowest BCUT2D eigenvalue weighted by Gasteiger charge is -2.21. The Morgan fingerprint density at radius 2 is 2.12 bits per heavy atom. The van der Waals surface area contributed by atoms with Crippen LogP contribution in [0.4, 0.5) is 0 Å². The first kappa shape index (κ1) is 12.4. The molecule has 2 nitrogen and oxygen atoms in total. The quantitative estimate of drug-likeness (QED) is 0.673. The second-order valence-corrected chi connectivity index (χ2v) is 6.11. The Hall–Kier alpha value is -0.0800. The Labute approximate surface area is 100 Å². The van der Waals surface area contributed by atoms with Gasteiger partial charge in [-0.1, -0.05) is 20.3 Å². The zero-order chi connectivity index (χ0) is 11.4. The molecule has 0 aliphatic heterocycles. The molecular weight excluding hydrogens is 198 g/mol. The third-order valence-electron chi connectivity index (χ3n) is 4.17. The van der Waals surface area contributed by atoms with E-state index in [1.165, 1.54) is 32.2 Å². The molecule has 0 radical (unpaired) electrons. The summed E-state index contributed by atoms with van der Waals surface area (Å²) in [6.45, 7) is 8.42. The summed E-state index contributed by atoms with van der Waals surface area (Å²) < 4.78 is 5.56. The minimum atomic E-state index is 0.658. The highest BCUT2D eigenvalue weighted by atomic mass is 16.5. The standard InChI is InChI=1S/C14H27NO/c1-11(2)10-16-6-5-15-9-14-8-12-3-4-13(14)7-12/h11-15H,3-10H2,1-2H3. The topological polar surface area (TPSA) is 21.3 Å². The highest BCUT2D eigenvalue weighted by Crippen LogP contribution is 2.47. The van der Waals surface area contributed by atoms with Gasteiger partial charge in [-0.05, 0) is 49.5 Å². The molecule has 0 aromatic heterocycles. The summed E-state index contributed by atoms with van der Waals surface area (Å²) in [4.78, 5) is 0. The van der Waals surface area contributed by atoms with Crippen molar-refractivity contribution >= 4 is 0 Å². The van der Waals surface area contributed by atoms with Gasteiger partial charge in [0.15, 0.2) is 0 Å². The largest absolute Gasteiger partial charge is 0.380 e. The number of fused-ring (bicyclic) bond motifs is 2. The maximum Gasteiger partial charge on any atom is 0.0591 e. The van der Waals surface area contributed by atoms with E-state index in [1.807, 2.05) is 0 Å². The van der Waals surface area contributed by atoms with Crippen molar-refractivity contribution in [3.8, 4) is 0 Å². The maximum absolute atomic E-state index is 5.56. The normalized spacial score (nSPS) is 32.8. The summed E-state index contributed by atoms with van der Waals surface area (Å²) in [6, 6.07) is 0. The highest BCUT2D eigenvalue weighted by molar-refractivity contribution is 4.90. The lowest BCUT2D eigenvalue weighted by Crippen LogP contribution is -2.29. The minimum Gasteiger partial charge on any atom is -0.380 e. The van der Waals surface area contributed by atoms with Crippen LogP contribution in [0.15, 0.2) is 0 Å². The zero-order valence-corrected chi connectivity index (χ0v) is 10.9. The average Bonchev–Trinajstić information content (AvgIpc) is 2.84. The second kappa shape index (κ2) is 6.02. The number of hydrogen-bond donors (Lipinski definition) is 1. The molecule has 0 aromatic carbocycles. The summed E-state index contributed by atoms with van der Waals surface area (Å²) >= 11 is 0. The molecular formula is C14H27NO. The molecule has 2 aliphatic carbocycles. The summed E-state index contributed by atoms with van der Waals surface area (Å²) in [5, 5.41) is 3.56. The van der Waals surface area contributed by atoms with Gasteiger partial charge in [0.25, 0.3) is 0 Å². The zero-order valence-electron chi connectivity index (χ0n) is 10.9. The first-order valence-electron chi connectivity index (χ1n) is 7.04. The van der Waals surface area contributed by atoms with Crippen molar-refractivity contribution in [2.45, 2.75) is 39.5 Å². The Morgan fingerprint density at radius 3 is 2.75 bits per heavy atom. The summed E-state index contributed by atoms with van der Waals surface area (Å²) in [6.07, 6.45) is 6.03. The predicted molar refractivity (Wildman–Crippen MR) is 67.5 cm³/mol. The van der Waals surface area contributed by atoms with E-state index in [0.29, 0.717) is 5.92 Å². The number of nitrogens with one attached hydrogen (secondary N) is 1. The van der Waals surface area contributed by atoms with Crippen molar-refractivity contribution in [1.29, 1.82) is 0 Å². The fraction of sp³-hybridized carbons (Fsp3) is 1.00. The van der Waals surface area contributed by atoms with Crippen LogP contribution in [0.3, 0.4) is 0 Å². The van der Waals surface area contributed by atoms with Crippen LogP contribution < -0.4 is 5.32 Å². The fourth-order valence-corrected chi connectivity index (χ4v) is 3.38. The van der Waals surface area contributed by atoms with E-state index in [9.17, 15) is 0 Å². The Morgan fingerprint density at radius 1 is 1.25 bits per heavy atom. The van der Waals surface area contributed by atoms with Crippen molar-refractivity contribution in [3.63, 3.8) is 0 Å². The first-order valence-corrected chi connectivity index (χ1v) is 7.04. The fourth-order valence-electron chi connectivity index (χ4n) is 3.38. The minimum absolute atomic E-state index is 0.658.